The molecule has 0 saturated carbocycles. The largest absolute Gasteiger partial charge is 0.317 e. The zero-order valence-electron chi connectivity index (χ0n) is 10.8. The molecular formula is C15H21ClN2. The summed E-state index contributed by atoms with van der Waals surface area (Å²) < 4.78 is 0. The Bertz CT molecular complexity index is 413. The second-order valence-electron chi connectivity index (χ2n) is 5.80. The van der Waals surface area contributed by atoms with Gasteiger partial charge in [0.2, 0.25) is 0 Å². The summed E-state index contributed by atoms with van der Waals surface area (Å²) in [6.45, 7) is 5.87. The van der Waals surface area contributed by atoms with Crippen molar-refractivity contribution < 1.29 is 0 Å². The van der Waals surface area contributed by atoms with Gasteiger partial charge in [0.25, 0.3) is 0 Å². The Hall–Kier alpha value is -0.570. The Labute approximate surface area is 114 Å². The number of hydrogen-bond donors (Lipinski definition) is 1. The number of benzene rings is 1. The van der Waals surface area contributed by atoms with Crippen molar-refractivity contribution >= 4 is 11.6 Å². The van der Waals surface area contributed by atoms with Crippen molar-refractivity contribution in [3.63, 3.8) is 0 Å². The molecule has 1 aromatic rings. The van der Waals surface area contributed by atoms with Crippen LogP contribution in [0.5, 0.6) is 0 Å². The number of hydrogen-bond acceptors (Lipinski definition) is 2. The fourth-order valence-electron chi connectivity index (χ4n) is 3.40. The minimum Gasteiger partial charge on any atom is -0.317 e. The lowest BCUT2D eigenvalue weighted by molar-refractivity contribution is 0.194. The Morgan fingerprint density at radius 2 is 1.94 bits per heavy atom. The van der Waals surface area contributed by atoms with Crippen molar-refractivity contribution in [2.75, 3.05) is 26.2 Å². The molecular weight excluding hydrogens is 244 g/mol. The van der Waals surface area contributed by atoms with Gasteiger partial charge in [0.05, 0.1) is 0 Å². The van der Waals surface area contributed by atoms with Gasteiger partial charge in [0, 0.05) is 18.1 Å². The van der Waals surface area contributed by atoms with E-state index >= 15 is 0 Å². The first-order chi connectivity index (χ1) is 8.77. The molecule has 2 saturated heterocycles. The van der Waals surface area contributed by atoms with Crippen LogP contribution >= 0.6 is 11.6 Å². The van der Waals surface area contributed by atoms with Crippen LogP contribution < -0.4 is 5.32 Å². The maximum absolute atomic E-state index is 6.24. The zero-order chi connectivity index (χ0) is 12.4. The van der Waals surface area contributed by atoms with E-state index < -0.39 is 0 Å². The zero-order valence-corrected chi connectivity index (χ0v) is 11.5. The normalized spacial score (nSPS) is 23.6. The second-order valence-corrected chi connectivity index (χ2v) is 6.21. The Kier molecular flexibility index (Phi) is 3.60. The average Bonchev–Trinajstić information content (AvgIpc) is 2.76. The molecule has 2 fully saturated rings. The van der Waals surface area contributed by atoms with E-state index in [1.54, 1.807) is 0 Å². The molecule has 0 radical (unpaired) electrons. The predicted octanol–water partition coefficient (Wildman–Crippen LogP) is 2.92. The van der Waals surface area contributed by atoms with Gasteiger partial charge in [-0.25, -0.2) is 0 Å². The van der Waals surface area contributed by atoms with Crippen molar-refractivity contribution in [1.29, 1.82) is 0 Å². The molecule has 2 aliphatic heterocycles. The van der Waals surface area contributed by atoms with E-state index in [0.717, 1.165) is 11.6 Å². The molecule has 98 valence electrons. The van der Waals surface area contributed by atoms with Crippen LogP contribution in [0.15, 0.2) is 24.3 Å². The van der Waals surface area contributed by atoms with Crippen molar-refractivity contribution in [2.24, 2.45) is 5.41 Å². The van der Waals surface area contributed by atoms with Crippen molar-refractivity contribution in [3.8, 4) is 0 Å². The van der Waals surface area contributed by atoms with E-state index in [0.29, 0.717) is 5.41 Å². The van der Waals surface area contributed by atoms with Crippen molar-refractivity contribution in [1.82, 2.24) is 10.2 Å². The summed E-state index contributed by atoms with van der Waals surface area (Å²) in [5.41, 5.74) is 1.86. The molecule has 3 heteroatoms. The van der Waals surface area contributed by atoms with Gasteiger partial charge in [-0.2, -0.15) is 0 Å². The molecule has 1 spiro atoms. The molecule has 1 aromatic carbocycles. The summed E-state index contributed by atoms with van der Waals surface area (Å²) in [4.78, 5) is 2.58. The van der Waals surface area contributed by atoms with Gasteiger partial charge < -0.3 is 5.32 Å². The Morgan fingerprint density at radius 3 is 2.72 bits per heavy atom. The topological polar surface area (TPSA) is 15.3 Å². The number of nitrogens with one attached hydrogen (secondary N) is 1. The first-order valence-corrected chi connectivity index (χ1v) is 7.32. The number of nitrogens with zero attached hydrogens (tertiary/aromatic N) is 1. The van der Waals surface area contributed by atoms with Crippen LogP contribution in [0, 0.1) is 5.41 Å². The van der Waals surface area contributed by atoms with Gasteiger partial charge in [-0.1, -0.05) is 29.8 Å². The van der Waals surface area contributed by atoms with Gasteiger partial charge in [0.15, 0.2) is 0 Å². The third-order valence-corrected chi connectivity index (χ3v) is 4.90. The van der Waals surface area contributed by atoms with Gasteiger partial charge in [-0.15, -0.1) is 0 Å². The minimum absolute atomic E-state index is 0.590. The molecule has 0 aliphatic carbocycles. The molecule has 0 aromatic heterocycles. The number of likely N-dealkylation sites (tertiary alicyclic amines) is 1. The molecule has 2 heterocycles. The molecule has 18 heavy (non-hydrogen) atoms. The number of rotatable bonds is 2. The second kappa shape index (κ2) is 5.20. The van der Waals surface area contributed by atoms with E-state index in [-0.39, 0.29) is 0 Å². The minimum atomic E-state index is 0.590. The van der Waals surface area contributed by atoms with Crippen LogP contribution in [0.25, 0.3) is 0 Å². The lowest BCUT2D eigenvalue weighted by atomic mass is 9.78. The molecule has 0 atom stereocenters. The molecule has 0 amide bonds. The van der Waals surface area contributed by atoms with E-state index in [1.807, 2.05) is 12.1 Å². The van der Waals surface area contributed by atoms with E-state index in [1.165, 1.54) is 51.0 Å². The fourth-order valence-corrected chi connectivity index (χ4v) is 3.59. The summed E-state index contributed by atoms with van der Waals surface area (Å²) in [5, 5.41) is 4.38. The quantitative estimate of drug-likeness (QED) is 0.884. The van der Waals surface area contributed by atoms with Crippen LogP contribution in [-0.4, -0.2) is 31.1 Å². The van der Waals surface area contributed by atoms with Gasteiger partial charge in [-0.3, -0.25) is 4.90 Å². The third kappa shape index (κ3) is 2.56. The van der Waals surface area contributed by atoms with Crippen LogP contribution in [0.3, 0.4) is 0 Å². The highest BCUT2D eigenvalue weighted by Gasteiger charge is 2.38. The SMILES string of the molecule is Clc1ccccc1CN1CCC2(CCNCC2)C1. The number of halogens is 1. The van der Waals surface area contributed by atoms with Crippen LogP contribution in [-0.2, 0) is 6.54 Å². The van der Waals surface area contributed by atoms with Gasteiger partial charge in [0.1, 0.15) is 0 Å². The van der Waals surface area contributed by atoms with Crippen LogP contribution in [0.1, 0.15) is 24.8 Å². The summed E-state index contributed by atoms with van der Waals surface area (Å²) in [6, 6.07) is 8.23. The van der Waals surface area contributed by atoms with Crippen LogP contribution in [0.2, 0.25) is 5.02 Å². The molecule has 2 aliphatic rings. The predicted molar refractivity (Wildman–Crippen MR) is 75.9 cm³/mol. The summed E-state index contributed by atoms with van der Waals surface area (Å²) in [7, 11) is 0. The smallest absolute Gasteiger partial charge is 0.0451 e. The molecule has 1 N–H and O–H groups in total. The van der Waals surface area contributed by atoms with Crippen molar-refractivity contribution in [3.05, 3.63) is 34.9 Å². The fraction of sp³-hybridized carbons (Fsp3) is 0.600. The Morgan fingerprint density at radius 1 is 1.17 bits per heavy atom. The van der Waals surface area contributed by atoms with E-state index in [4.69, 9.17) is 11.6 Å². The maximum Gasteiger partial charge on any atom is 0.0451 e. The molecule has 0 unspecified atom stereocenters. The Balaban J connectivity index is 1.64. The monoisotopic (exact) mass is 264 g/mol. The molecule has 3 rings (SSSR count). The highest BCUT2D eigenvalue weighted by atomic mass is 35.5. The summed E-state index contributed by atoms with van der Waals surface area (Å²) >= 11 is 6.24. The van der Waals surface area contributed by atoms with Gasteiger partial charge >= 0.3 is 0 Å². The standard InChI is InChI=1S/C15H21ClN2/c16-14-4-2-1-3-13(14)11-18-10-7-15(12-18)5-8-17-9-6-15/h1-4,17H,5-12H2. The maximum atomic E-state index is 6.24. The summed E-state index contributed by atoms with van der Waals surface area (Å²) in [5.74, 6) is 0. The lowest BCUT2D eigenvalue weighted by Gasteiger charge is -2.34. The summed E-state index contributed by atoms with van der Waals surface area (Å²) in [6.07, 6.45) is 4.04. The van der Waals surface area contributed by atoms with Crippen molar-refractivity contribution in [2.45, 2.75) is 25.8 Å². The van der Waals surface area contributed by atoms with Crippen LogP contribution in [0.4, 0.5) is 0 Å². The average molecular weight is 265 g/mol. The first kappa shape index (κ1) is 12.5. The van der Waals surface area contributed by atoms with E-state index in [2.05, 4.69) is 22.3 Å². The first-order valence-electron chi connectivity index (χ1n) is 6.94. The third-order valence-electron chi connectivity index (χ3n) is 4.53. The molecule has 2 nitrogen and oxygen atoms in total. The lowest BCUT2D eigenvalue weighted by Crippen LogP contribution is -2.38. The van der Waals surface area contributed by atoms with E-state index in [9.17, 15) is 0 Å². The molecule has 0 bridgehead atoms. The highest BCUT2D eigenvalue weighted by molar-refractivity contribution is 6.31. The number of piperidine rings is 1. The highest BCUT2D eigenvalue weighted by Crippen LogP contribution is 2.39. The van der Waals surface area contributed by atoms with Gasteiger partial charge in [-0.05, 0) is 55.9 Å².